The molecule has 0 saturated carbocycles. The summed E-state index contributed by atoms with van der Waals surface area (Å²) < 4.78 is 0. The highest BCUT2D eigenvalue weighted by Gasteiger charge is 2.15. The van der Waals surface area contributed by atoms with Gasteiger partial charge in [-0.15, -0.1) is 0 Å². The molecule has 0 aromatic carbocycles. The van der Waals surface area contributed by atoms with Gasteiger partial charge in [-0.25, -0.2) is 0 Å². The van der Waals surface area contributed by atoms with Crippen molar-refractivity contribution in [2.75, 3.05) is 13.6 Å². The molecule has 0 radical (unpaired) electrons. The third-order valence-corrected chi connectivity index (χ3v) is 2.33. The first-order chi connectivity index (χ1) is 7.79. The molecule has 0 bridgehead atoms. The zero-order chi connectivity index (χ0) is 13.1. The highest BCUT2D eigenvalue weighted by molar-refractivity contribution is 5.94. The molecule has 0 amide bonds. The number of nitrogens with one attached hydrogen (secondary N) is 1. The minimum absolute atomic E-state index is 0.0322. The van der Waals surface area contributed by atoms with Crippen molar-refractivity contribution in [3.05, 3.63) is 29.6 Å². The average molecular weight is 234 g/mol. The fraction of sp³-hybridized carbons (Fsp3) is 0.538. The van der Waals surface area contributed by atoms with Gasteiger partial charge in [-0.1, -0.05) is 26.8 Å². The quantitative estimate of drug-likeness (QED) is 0.617. The molecule has 1 rings (SSSR count). The van der Waals surface area contributed by atoms with E-state index in [1.165, 1.54) is 0 Å². The van der Waals surface area contributed by atoms with Crippen LogP contribution in [0.1, 0.15) is 32.0 Å². The molecular weight excluding hydrogens is 212 g/mol. The van der Waals surface area contributed by atoms with Crippen molar-refractivity contribution in [1.29, 1.82) is 5.41 Å². The fourth-order valence-electron chi connectivity index (χ4n) is 1.97. The van der Waals surface area contributed by atoms with Gasteiger partial charge in [0.05, 0.1) is 0 Å². The molecule has 0 aliphatic carbocycles. The summed E-state index contributed by atoms with van der Waals surface area (Å²) in [5, 5.41) is 7.50. The van der Waals surface area contributed by atoms with Crippen molar-refractivity contribution in [3.8, 4) is 0 Å². The maximum Gasteiger partial charge on any atom is 0.142 e. The predicted octanol–water partition coefficient (Wildman–Crippen LogP) is 1.84. The Balaban J connectivity index is 2.78. The molecular formula is C13H22N4. The summed E-state index contributed by atoms with van der Waals surface area (Å²) in [6.07, 6.45) is 1.67. The van der Waals surface area contributed by atoms with Crippen LogP contribution in [0.15, 0.2) is 18.3 Å². The Hall–Kier alpha value is -1.42. The topological polar surface area (TPSA) is 66.0 Å². The smallest absolute Gasteiger partial charge is 0.142 e. The molecule has 0 aliphatic heterocycles. The van der Waals surface area contributed by atoms with E-state index >= 15 is 0 Å². The minimum atomic E-state index is 0.0322. The van der Waals surface area contributed by atoms with Crippen molar-refractivity contribution >= 4 is 5.84 Å². The van der Waals surface area contributed by atoms with E-state index < -0.39 is 0 Å². The van der Waals surface area contributed by atoms with Crippen LogP contribution in [0.25, 0.3) is 0 Å². The highest BCUT2D eigenvalue weighted by Crippen LogP contribution is 2.16. The molecule has 0 atom stereocenters. The molecule has 0 unspecified atom stereocenters. The molecule has 1 heterocycles. The number of amidine groups is 1. The van der Waals surface area contributed by atoms with Gasteiger partial charge in [-0.2, -0.15) is 0 Å². The first-order valence-corrected chi connectivity index (χ1v) is 5.76. The highest BCUT2D eigenvalue weighted by atomic mass is 15.1. The maximum atomic E-state index is 7.50. The molecule has 17 heavy (non-hydrogen) atoms. The minimum Gasteiger partial charge on any atom is -0.382 e. The number of nitrogens with zero attached hydrogens (tertiary/aromatic N) is 2. The Labute approximate surface area is 103 Å². The Kier molecular flexibility index (Phi) is 4.23. The van der Waals surface area contributed by atoms with E-state index in [-0.39, 0.29) is 11.3 Å². The summed E-state index contributed by atoms with van der Waals surface area (Å²) in [4.78, 5) is 6.38. The van der Waals surface area contributed by atoms with E-state index in [4.69, 9.17) is 11.1 Å². The monoisotopic (exact) mass is 234 g/mol. The van der Waals surface area contributed by atoms with Gasteiger partial charge in [-0.05, 0) is 24.1 Å². The summed E-state index contributed by atoms with van der Waals surface area (Å²) in [6.45, 7) is 8.37. The third kappa shape index (κ3) is 4.53. The second-order valence-electron chi connectivity index (χ2n) is 5.66. The van der Waals surface area contributed by atoms with E-state index in [0.717, 1.165) is 18.7 Å². The summed E-state index contributed by atoms with van der Waals surface area (Å²) in [7, 11) is 2.07. The molecule has 1 aromatic rings. The van der Waals surface area contributed by atoms with E-state index in [9.17, 15) is 0 Å². The lowest BCUT2D eigenvalue weighted by atomic mass is 9.96. The Morgan fingerprint density at radius 3 is 2.65 bits per heavy atom. The number of aromatic nitrogens is 1. The lowest BCUT2D eigenvalue weighted by molar-refractivity contribution is 0.220. The van der Waals surface area contributed by atoms with Crippen LogP contribution < -0.4 is 5.73 Å². The van der Waals surface area contributed by atoms with Crippen molar-refractivity contribution in [2.45, 2.75) is 27.3 Å². The Bertz CT molecular complexity index is 393. The fourth-order valence-corrected chi connectivity index (χ4v) is 1.97. The average Bonchev–Trinajstić information content (AvgIpc) is 2.14. The molecule has 0 saturated heterocycles. The van der Waals surface area contributed by atoms with Crippen LogP contribution in [0.4, 0.5) is 0 Å². The molecule has 0 fully saturated rings. The zero-order valence-electron chi connectivity index (χ0n) is 11.1. The van der Waals surface area contributed by atoms with E-state index in [1.54, 1.807) is 6.20 Å². The summed E-state index contributed by atoms with van der Waals surface area (Å²) in [6, 6.07) is 3.86. The molecule has 4 heteroatoms. The number of nitrogens with two attached hydrogens (primary N) is 1. The van der Waals surface area contributed by atoms with Crippen LogP contribution in [-0.2, 0) is 6.54 Å². The zero-order valence-corrected chi connectivity index (χ0v) is 11.1. The van der Waals surface area contributed by atoms with Crippen molar-refractivity contribution in [1.82, 2.24) is 9.88 Å². The third-order valence-electron chi connectivity index (χ3n) is 2.33. The molecule has 94 valence electrons. The van der Waals surface area contributed by atoms with Gasteiger partial charge in [0.15, 0.2) is 0 Å². The van der Waals surface area contributed by atoms with Crippen LogP contribution in [-0.4, -0.2) is 29.3 Å². The lowest BCUT2D eigenvalue weighted by Gasteiger charge is -2.26. The normalized spacial score (nSPS) is 11.8. The van der Waals surface area contributed by atoms with Gasteiger partial charge < -0.3 is 10.6 Å². The first-order valence-electron chi connectivity index (χ1n) is 5.76. The number of nitrogen functional groups attached to an aromatic ring is 1. The van der Waals surface area contributed by atoms with Crippen molar-refractivity contribution < 1.29 is 0 Å². The first kappa shape index (κ1) is 13.6. The predicted molar refractivity (Wildman–Crippen MR) is 71.0 cm³/mol. The van der Waals surface area contributed by atoms with E-state index in [2.05, 4.69) is 37.7 Å². The molecule has 1 aromatic heterocycles. The number of hydrogen-bond acceptors (Lipinski definition) is 3. The van der Waals surface area contributed by atoms with Crippen LogP contribution >= 0.6 is 0 Å². The summed E-state index contributed by atoms with van der Waals surface area (Å²) in [5.74, 6) is 0.0322. The van der Waals surface area contributed by atoms with E-state index in [0.29, 0.717) is 5.69 Å². The second kappa shape index (κ2) is 5.27. The lowest BCUT2D eigenvalue weighted by Crippen LogP contribution is -2.30. The summed E-state index contributed by atoms with van der Waals surface area (Å²) in [5.41, 5.74) is 7.37. The standard InChI is InChI=1S/C13H22N4/c1-13(2,3)9-17(4)8-10-6-5-7-16-11(10)12(14)15/h5-7H,8-9H2,1-4H3,(H3,14,15). The Morgan fingerprint density at radius 2 is 2.12 bits per heavy atom. The number of pyridine rings is 1. The molecule has 0 aliphatic rings. The van der Waals surface area contributed by atoms with E-state index in [1.807, 2.05) is 12.1 Å². The van der Waals surface area contributed by atoms with Gasteiger partial charge in [0.25, 0.3) is 0 Å². The van der Waals surface area contributed by atoms with Crippen LogP contribution in [0, 0.1) is 10.8 Å². The summed E-state index contributed by atoms with van der Waals surface area (Å²) >= 11 is 0. The maximum absolute atomic E-state index is 7.50. The SMILES string of the molecule is CN(Cc1cccnc1C(=N)N)CC(C)(C)C. The van der Waals surface area contributed by atoms with Crippen LogP contribution in [0.5, 0.6) is 0 Å². The van der Waals surface area contributed by atoms with Crippen molar-refractivity contribution in [2.24, 2.45) is 11.1 Å². The van der Waals surface area contributed by atoms with Gasteiger partial charge in [0, 0.05) is 19.3 Å². The van der Waals surface area contributed by atoms with Gasteiger partial charge >= 0.3 is 0 Å². The van der Waals surface area contributed by atoms with Gasteiger partial charge in [0.2, 0.25) is 0 Å². The van der Waals surface area contributed by atoms with Crippen LogP contribution in [0.2, 0.25) is 0 Å². The van der Waals surface area contributed by atoms with Crippen LogP contribution in [0.3, 0.4) is 0 Å². The van der Waals surface area contributed by atoms with Gasteiger partial charge in [-0.3, -0.25) is 10.4 Å². The van der Waals surface area contributed by atoms with Gasteiger partial charge in [0.1, 0.15) is 11.5 Å². The number of hydrogen-bond donors (Lipinski definition) is 2. The second-order valence-corrected chi connectivity index (χ2v) is 5.66. The molecule has 0 spiro atoms. The number of rotatable bonds is 4. The largest absolute Gasteiger partial charge is 0.382 e. The van der Waals surface area contributed by atoms with Crippen molar-refractivity contribution in [3.63, 3.8) is 0 Å². The Morgan fingerprint density at radius 1 is 1.47 bits per heavy atom. The molecule has 3 N–H and O–H groups in total. The molecule has 4 nitrogen and oxygen atoms in total.